The van der Waals surface area contributed by atoms with Crippen molar-refractivity contribution in [3.05, 3.63) is 82.3 Å². The molecule has 1 amide bonds. The van der Waals surface area contributed by atoms with Gasteiger partial charge < -0.3 is 4.74 Å². The molecule has 28 heavy (non-hydrogen) atoms. The summed E-state index contributed by atoms with van der Waals surface area (Å²) in [6.45, 7) is 5.81. The number of carbonyl (C=O) groups is 2. The second-order valence-electron chi connectivity index (χ2n) is 6.92. The molecule has 2 aromatic rings. The molecular weight excluding hydrogens is 357 g/mol. The van der Waals surface area contributed by atoms with Crippen molar-refractivity contribution in [2.45, 2.75) is 26.7 Å². The van der Waals surface area contributed by atoms with Gasteiger partial charge in [-0.1, -0.05) is 50.2 Å². The van der Waals surface area contributed by atoms with E-state index in [0.717, 1.165) is 5.56 Å². The molecule has 3 rings (SSSR count). The summed E-state index contributed by atoms with van der Waals surface area (Å²) in [6, 6.07) is 13.7. The van der Waals surface area contributed by atoms with E-state index in [2.05, 4.69) is 13.8 Å². The van der Waals surface area contributed by atoms with Gasteiger partial charge in [-0.15, -0.1) is 0 Å². The van der Waals surface area contributed by atoms with Gasteiger partial charge in [0.05, 0.1) is 23.9 Å². The number of hydrogen-bond donors (Lipinski definition) is 0. The van der Waals surface area contributed by atoms with Crippen molar-refractivity contribution in [1.29, 1.82) is 0 Å². The van der Waals surface area contributed by atoms with Crippen molar-refractivity contribution in [3.8, 4) is 0 Å². The number of carbonyl (C=O) groups excluding carboxylic acids is 2. The van der Waals surface area contributed by atoms with Crippen LogP contribution in [0.1, 0.15) is 37.8 Å². The zero-order valence-corrected chi connectivity index (χ0v) is 16.3. The van der Waals surface area contributed by atoms with Crippen molar-refractivity contribution >= 4 is 23.6 Å². The highest BCUT2D eigenvalue weighted by Gasteiger charge is 2.38. The highest BCUT2D eigenvalue weighted by Crippen LogP contribution is 2.36. The lowest BCUT2D eigenvalue weighted by Gasteiger charge is -2.18. The van der Waals surface area contributed by atoms with Gasteiger partial charge in [0.2, 0.25) is 0 Å². The Hall–Kier alpha value is -3.21. The first-order valence-corrected chi connectivity index (χ1v) is 9.05. The lowest BCUT2D eigenvalue weighted by molar-refractivity contribution is -0.136. The number of nitrogens with zero attached hydrogens (tertiary/aromatic N) is 1. The summed E-state index contributed by atoms with van der Waals surface area (Å²) in [6.07, 6.45) is 1.64. The first-order valence-electron chi connectivity index (χ1n) is 9.05. The second kappa shape index (κ2) is 7.80. The molecule has 0 aromatic heterocycles. The minimum absolute atomic E-state index is 0.102. The van der Waals surface area contributed by atoms with Crippen LogP contribution >= 0.6 is 0 Å². The average Bonchev–Trinajstić information content (AvgIpc) is 2.92. The smallest absolute Gasteiger partial charge is 0.340 e. The van der Waals surface area contributed by atoms with Gasteiger partial charge in [-0.3, -0.25) is 9.69 Å². The number of esters is 1. The van der Waals surface area contributed by atoms with E-state index in [1.54, 1.807) is 25.1 Å². The molecule has 144 valence electrons. The fourth-order valence-electron chi connectivity index (χ4n) is 3.25. The molecular formula is C23H22FNO3. The minimum Gasteiger partial charge on any atom is -0.465 e. The number of anilines is 1. The van der Waals surface area contributed by atoms with Crippen LogP contribution in [0.3, 0.4) is 0 Å². The Morgan fingerprint density at radius 1 is 1.11 bits per heavy atom. The van der Waals surface area contributed by atoms with Gasteiger partial charge in [0.15, 0.2) is 0 Å². The third-order valence-corrected chi connectivity index (χ3v) is 4.80. The molecule has 1 aliphatic rings. The summed E-state index contributed by atoms with van der Waals surface area (Å²) < 4.78 is 19.2. The summed E-state index contributed by atoms with van der Waals surface area (Å²) in [5, 5.41) is 0. The van der Waals surface area contributed by atoms with Crippen LogP contribution < -0.4 is 4.90 Å². The molecule has 4 nitrogen and oxygen atoms in total. The van der Waals surface area contributed by atoms with Gasteiger partial charge in [-0.25, -0.2) is 9.18 Å². The first kappa shape index (κ1) is 19.5. The molecule has 0 unspecified atom stereocenters. The van der Waals surface area contributed by atoms with Crippen LogP contribution in [0.15, 0.2) is 65.4 Å². The maximum Gasteiger partial charge on any atom is 0.340 e. The molecule has 0 saturated heterocycles. The highest BCUT2D eigenvalue weighted by atomic mass is 19.1. The topological polar surface area (TPSA) is 46.6 Å². The molecule has 0 N–H and O–H groups in total. The molecule has 0 fully saturated rings. The maximum absolute atomic E-state index is 14.3. The van der Waals surface area contributed by atoms with Crippen molar-refractivity contribution in [2.75, 3.05) is 12.0 Å². The number of benzene rings is 2. The van der Waals surface area contributed by atoms with Crippen LogP contribution in [-0.2, 0) is 14.3 Å². The number of hydrogen-bond acceptors (Lipinski definition) is 3. The number of methoxy groups -OCH3 is 1. The Kier molecular flexibility index (Phi) is 5.45. The molecule has 0 saturated carbocycles. The Balaban J connectivity index is 2.11. The Labute approximate surface area is 163 Å². The van der Waals surface area contributed by atoms with E-state index < -0.39 is 17.7 Å². The van der Waals surface area contributed by atoms with E-state index >= 15 is 0 Å². The molecule has 2 aromatic carbocycles. The fraction of sp³-hybridized carbons (Fsp3) is 0.217. The Bertz CT molecular complexity index is 987. The normalized spacial score (nSPS) is 15.7. The van der Waals surface area contributed by atoms with Gasteiger partial charge >= 0.3 is 5.97 Å². The average molecular weight is 379 g/mol. The summed E-state index contributed by atoms with van der Waals surface area (Å²) in [5.41, 5.74) is 2.72. The third-order valence-electron chi connectivity index (χ3n) is 4.80. The van der Waals surface area contributed by atoms with Crippen LogP contribution in [0.2, 0.25) is 0 Å². The summed E-state index contributed by atoms with van der Waals surface area (Å²) in [4.78, 5) is 26.7. The Morgan fingerprint density at radius 2 is 1.75 bits per heavy atom. The number of rotatable bonds is 4. The zero-order valence-electron chi connectivity index (χ0n) is 16.3. The zero-order chi connectivity index (χ0) is 20.4. The lowest BCUT2D eigenvalue weighted by Crippen LogP contribution is -2.25. The van der Waals surface area contributed by atoms with Crippen LogP contribution in [0, 0.1) is 5.82 Å². The predicted molar refractivity (Wildman–Crippen MR) is 107 cm³/mol. The summed E-state index contributed by atoms with van der Waals surface area (Å²) in [5.74, 6) is -1.24. The Morgan fingerprint density at radius 3 is 2.32 bits per heavy atom. The first-order chi connectivity index (χ1) is 13.3. The van der Waals surface area contributed by atoms with Crippen LogP contribution in [0.5, 0.6) is 0 Å². The maximum atomic E-state index is 14.3. The summed E-state index contributed by atoms with van der Waals surface area (Å²) in [7, 11) is 1.26. The van der Waals surface area contributed by atoms with E-state index in [4.69, 9.17) is 4.74 Å². The largest absolute Gasteiger partial charge is 0.465 e. The van der Waals surface area contributed by atoms with E-state index in [0.29, 0.717) is 11.6 Å². The molecule has 1 aliphatic heterocycles. The summed E-state index contributed by atoms with van der Waals surface area (Å²) >= 11 is 0. The lowest BCUT2D eigenvalue weighted by atomic mass is 9.99. The van der Waals surface area contributed by atoms with Crippen molar-refractivity contribution in [2.24, 2.45) is 0 Å². The number of halogens is 1. The standard InChI is InChI=1S/C23H22FNO3/c1-14(2)17-11-9-16(10-12-17)13-18-21(23(27)28-4)15(3)25(22(18)26)20-8-6-5-7-19(20)24/h5-14H,1-4H3/b18-13-. The minimum atomic E-state index is -0.630. The molecule has 0 bridgehead atoms. The number of allylic oxidation sites excluding steroid dienone is 1. The molecule has 5 heteroatoms. The van der Waals surface area contributed by atoms with Crippen molar-refractivity contribution in [3.63, 3.8) is 0 Å². The van der Waals surface area contributed by atoms with E-state index in [-0.39, 0.29) is 16.8 Å². The number of ether oxygens (including phenoxy) is 1. The molecule has 0 spiro atoms. The molecule has 0 radical (unpaired) electrons. The SMILES string of the molecule is COC(=O)C1=C(C)N(c2ccccc2F)C(=O)/C1=C\c1ccc(C(C)C)cc1. The van der Waals surface area contributed by atoms with Gasteiger partial charge in [-0.05, 0) is 42.2 Å². The van der Waals surface area contributed by atoms with Gasteiger partial charge in [-0.2, -0.15) is 0 Å². The van der Waals surface area contributed by atoms with Crippen LogP contribution in [0.25, 0.3) is 6.08 Å². The number of para-hydroxylation sites is 1. The van der Waals surface area contributed by atoms with Gasteiger partial charge in [0, 0.05) is 5.70 Å². The highest BCUT2D eigenvalue weighted by molar-refractivity contribution is 6.23. The fourth-order valence-corrected chi connectivity index (χ4v) is 3.25. The third kappa shape index (κ3) is 3.48. The van der Waals surface area contributed by atoms with Crippen molar-refractivity contribution < 1.29 is 18.7 Å². The van der Waals surface area contributed by atoms with E-state index in [1.807, 2.05) is 24.3 Å². The molecule has 1 heterocycles. The van der Waals surface area contributed by atoms with Crippen LogP contribution in [-0.4, -0.2) is 19.0 Å². The van der Waals surface area contributed by atoms with E-state index in [9.17, 15) is 14.0 Å². The molecule has 0 atom stereocenters. The van der Waals surface area contributed by atoms with E-state index in [1.165, 1.54) is 29.7 Å². The second-order valence-corrected chi connectivity index (χ2v) is 6.92. The van der Waals surface area contributed by atoms with Gasteiger partial charge in [0.1, 0.15) is 5.82 Å². The quantitative estimate of drug-likeness (QED) is 0.565. The van der Waals surface area contributed by atoms with Crippen molar-refractivity contribution in [1.82, 2.24) is 0 Å². The van der Waals surface area contributed by atoms with Gasteiger partial charge in [0.25, 0.3) is 5.91 Å². The molecule has 0 aliphatic carbocycles. The number of amides is 1. The monoisotopic (exact) mass is 379 g/mol. The predicted octanol–water partition coefficient (Wildman–Crippen LogP) is 4.83. The van der Waals surface area contributed by atoms with Crippen LogP contribution in [0.4, 0.5) is 10.1 Å².